The number of benzene rings is 3. The maximum absolute atomic E-state index is 5.06. The van der Waals surface area contributed by atoms with Crippen LogP contribution < -0.4 is 0 Å². The zero-order chi connectivity index (χ0) is 20.6. The van der Waals surface area contributed by atoms with Gasteiger partial charge in [0.2, 0.25) is 0 Å². The summed E-state index contributed by atoms with van der Waals surface area (Å²) in [5.74, 6) is 0. The SMILES string of the molecule is CC(C)(c1cccc(-c2cccc(-c3ccccc3)c2)n1)c1nc2ccccc2s1. The van der Waals surface area contributed by atoms with E-state index in [0.717, 1.165) is 27.5 Å². The van der Waals surface area contributed by atoms with Crippen molar-refractivity contribution in [2.45, 2.75) is 19.3 Å². The molecule has 2 heterocycles. The van der Waals surface area contributed by atoms with Crippen LogP contribution in [-0.4, -0.2) is 9.97 Å². The van der Waals surface area contributed by atoms with Crippen LogP contribution in [-0.2, 0) is 5.41 Å². The molecule has 0 bridgehead atoms. The lowest BCUT2D eigenvalue weighted by atomic mass is 9.89. The van der Waals surface area contributed by atoms with Crippen LogP contribution in [0.4, 0.5) is 0 Å². The van der Waals surface area contributed by atoms with Crippen molar-refractivity contribution >= 4 is 21.6 Å². The molecule has 0 N–H and O–H groups in total. The first-order chi connectivity index (χ1) is 14.6. The minimum Gasteiger partial charge on any atom is -0.252 e. The number of nitrogens with zero attached hydrogens (tertiary/aromatic N) is 2. The van der Waals surface area contributed by atoms with Crippen molar-refractivity contribution in [2.24, 2.45) is 0 Å². The molecule has 0 aliphatic carbocycles. The molecule has 0 saturated carbocycles. The van der Waals surface area contributed by atoms with Gasteiger partial charge < -0.3 is 0 Å². The normalized spacial score (nSPS) is 11.7. The summed E-state index contributed by atoms with van der Waals surface area (Å²) in [6.07, 6.45) is 0. The third-order valence-electron chi connectivity index (χ3n) is 5.48. The Morgan fingerprint density at radius 3 is 2.17 bits per heavy atom. The Bertz CT molecular complexity index is 1290. The summed E-state index contributed by atoms with van der Waals surface area (Å²) in [4.78, 5) is 9.96. The molecule has 5 rings (SSSR count). The van der Waals surface area contributed by atoms with Crippen molar-refractivity contribution in [2.75, 3.05) is 0 Å². The smallest absolute Gasteiger partial charge is 0.105 e. The minimum atomic E-state index is -0.267. The molecular weight excluding hydrogens is 384 g/mol. The molecular formula is C27H22N2S. The molecule has 2 aromatic heterocycles. The van der Waals surface area contributed by atoms with Gasteiger partial charge in [0, 0.05) is 5.56 Å². The number of aromatic nitrogens is 2. The Hall–Kier alpha value is -3.30. The van der Waals surface area contributed by atoms with E-state index in [9.17, 15) is 0 Å². The fourth-order valence-corrected chi connectivity index (χ4v) is 4.76. The number of para-hydroxylation sites is 1. The van der Waals surface area contributed by atoms with Gasteiger partial charge in [-0.3, -0.25) is 4.98 Å². The third kappa shape index (κ3) is 3.42. The largest absolute Gasteiger partial charge is 0.252 e. The predicted octanol–water partition coefficient (Wildman–Crippen LogP) is 7.35. The second kappa shape index (κ2) is 7.51. The molecule has 146 valence electrons. The first-order valence-electron chi connectivity index (χ1n) is 10.1. The number of hydrogen-bond donors (Lipinski definition) is 0. The second-order valence-electron chi connectivity index (χ2n) is 7.97. The molecule has 0 radical (unpaired) electrons. The van der Waals surface area contributed by atoms with Crippen LogP contribution in [0, 0.1) is 0 Å². The van der Waals surface area contributed by atoms with E-state index in [-0.39, 0.29) is 5.41 Å². The van der Waals surface area contributed by atoms with E-state index in [0.29, 0.717) is 0 Å². The van der Waals surface area contributed by atoms with E-state index in [1.54, 1.807) is 11.3 Å². The summed E-state index contributed by atoms with van der Waals surface area (Å²) in [5.41, 5.74) is 6.34. The zero-order valence-electron chi connectivity index (χ0n) is 17.0. The number of fused-ring (bicyclic) bond motifs is 1. The quantitative estimate of drug-likeness (QED) is 0.312. The molecule has 0 unspecified atom stereocenters. The Balaban J connectivity index is 1.54. The van der Waals surface area contributed by atoms with Crippen molar-refractivity contribution in [3.8, 4) is 22.4 Å². The van der Waals surface area contributed by atoms with Gasteiger partial charge in [-0.15, -0.1) is 11.3 Å². The highest BCUT2D eigenvalue weighted by molar-refractivity contribution is 7.18. The molecule has 0 amide bonds. The van der Waals surface area contributed by atoms with Crippen molar-refractivity contribution in [1.29, 1.82) is 0 Å². The van der Waals surface area contributed by atoms with Gasteiger partial charge in [-0.05, 0) is 55.3 Å². The fourth-order valence-electron chi connectivity index (χ4n) is 3.68. The van der Waals surface area contributed by atoms with E-state index >= 15 is 0 Å². The predicted molar refractivity (Wildman–Crippen MR) is 127 cm³/mol. The number of pyridine rings is 1. The number of thiazole rings is 1. The van der Waals surface area contributed by atoms with Crippen molar-refractivity contribution < 1.29 is 0 Å². The summed E-state index contributed by atoms with van der Waals surface area (Å²) in [6, 6.07) is 33.7. The van der Waals surface area contributed by atoms with Gasteiger partial charge in [0.15, 0.2) is 0 Å². The monoisotopic (exact) mass is 406 g/mol. The number of hydrogen-bond acceptors (Lipinski definition) is 3. The first kappa shape index (κ1) is 18.7. The average Bonchev–Trinajstić information content (AvgIpc) is 3.25. The van der Waals surface area contributed by atoms with Gasteiger partial charge in [0.25, 0.3) is 0 Å². The molecule has 0 aliphatic rings. The van der Waals surface area contributed by atoms with Crippen LogP contribution in [0.1, 0.15) is 24.5 Å². The Labute approximate surface area is 180 Å². The lowest BCUT2D eigenvalue weighted by molar-refractivity contribution is 0.614. The highest BCUT2D eigenvalue weighted by atomic mass is 32.1. The summed E-state index contributed by atoms with van der Waals surface area (Å²) in [5, 5.41) is 1.09. The number of rotatable bonds is 4. The summed E-state index contributed by atoms with van der Waals surface area (Å²) >= 11 is 1.75. The Morgan fingerprint density at radius 1 is 0.633 bits per heavy atom. The van der Waals surface area contributed by atoms with Crippen LogP contribution in [0.25, 0.3) is 32.6 Å². The molecule has 0 spiro atoms. The van der Waals surface area contributed by atoms with Gasteiger partial charge in [0.1, 0.15) is 5.01 Å². The molecule has 30 heavy (non-hydrogen) atoms. The fraction of sp³-hybridized carbons (Fsp3) is 0.111. The highest BCUT2D eigenvalue weighted by Gasteiger charge is 2.29. The van der Waals surface area contributed by atoms with Crippen LogP contribution in [0.15, 0.2) is 97.1 Å². The topological polar surface area (TPSA) is 25.8 Å². The summed E-state index contributed by atoms with van der Waals surface area (Å²) < 4.78 is 1.22. The van der Waals surface area contributed by atoms with Crippen LogP contribution in [0.5, 0.6) is 0 Å². The third-order valence-corrected chi connectivity index (χ3v) is 6.84. The average molecular weight is 407 g/mol. The van der Waals surface area contributed by atoms with Gasteiger partial charge >= 0.3 is 0 Å². The van der Waals surface area contributed by atoms with E-state index in [2.05, 4.69) is 98.8 Å². The first-order valence-corrected chi connectivity index (χ1v) is 10.9. The van der Waals surface area contributed by atoms with Crippen molar-refractivity contribution in [3.05, 3.63) is 108 Å². The molecule has 5 aromatic rings. The van der Waals surface area contributed by atoms with E-state index in [1.165, 1.54) is 15.8 Å². The van der Waals surface area contributed by atoms with E-state index in [4.69, 9.17) is 9.97 Å². The molecule has 3 aromatic carbocycles. The molecule has 2 nitrogen and oxygen atoms in total. The second-order valence-corrected chi connectivity index (χ2v) is 9.00. The zero-order valence-corrected chi connectivity index (χ0v) is 17.9. The molecule has 0 aliphatic heterocycles. The van der Waals surface area contributed by atoms with Gasteiger partial charge in [-0.1, -0.05) is 66.7 Å². The summed E-state index contributed by atoms with van der Waals surface area (Å²) in [7, 11) is 0. The Morgan fingerprint density at radius 2 is 1.33 bits per heavy atom. The minimum absolute atomic E-state index is 0.267. The lowest BCUT2D eigenvalue weighted by Gasteiger charge is -2.22. The maximum atomic E-state index is 5.06. The van der Waals surface area contributed by atoms with Crippen LogP contribution >= 0.6 is 11.3 Å². The molecule has 0 atom stereocenters. The Kier molecular flexibility index (Phi) is 4.68. The van der Waals surface area contributed by atoms with Gasteiger partial charge in [0.05, 0.1) is 27.0 Å². The van der Waals surface area contributed by atoms with Gasteiger partial charge in [-0.25, -0.2) is 4.98 Å². The maximum Gasteiger partial charge on any atom is 0.105 e. The van der Waals surface area contributed by atoms with E-state index < -0.39 is 0 Å². The van der Waals surface area contributed by atoms with Crippen LogP contribution in [0.3, 0.4) is 0 Å². The van der Waals surface area contributed by atoms with Crippen LogP contribution in [0.2, 0.25) is 0 Å². The van der Waals surface area contributed by atoms with Gasteiger partial charge in [-0.2, -0.15) is 0 Å². The summed E-state index contributed by atoms with van der Waals surface area (Å²) in [6.45, 7) is 4.41. The van der Waals surface area contributed by atoms with E-state index in [1.807, 2.05) is 12.1 Å². The molecule has 0 saturated heterocycles. The lowest BCUT2D eigenvalue weighted by Crippen LogP contribution is -2.20. The molecule has 3 heteroatoms. The van der Waals surface area contributed by atoms with Crippen molar-refractivity contribution in [3.63, 3.8) is 0 Å². The standard InChI is InChI=1S/C27H22N2S/c1-27(2,26-29-23-14-6-7-16-24(23)30-26)25-17-9-15-22(28-25)21-13-8-12-20(18-21)19-10-4-3-5-11-19/h3-18H,1-2H3. The molecule has 0 fully saturated rings. The highest BCUT2D eigenvalue weighted by Crippen LogP contribution is 2.36. The van der Waals surface area contributed by atoms with Crippen molar-refractivity contribution in [1.82, 2.24) is 9.97 Å².